The van der Waals surface area contributed by atoms with Crippen molar-refractivity contribution < 1.29 is 9.59 Å². The molecule has 4 rings (SSSR count). The third-order valence-corrected chi connectivity index (χ3v) is 5.69. The number of pyridine rings is 1. The largest absolute Gasteiger partial charge is 0.334 e. The number of piperidine rings is 1. The van der Waals surface area contributed by atoms with Gasteiger partial charge < -0.3 is 9.80 Å². The van der Waals surface area contributed by atoms with E-state index in [9.17, 15) is 9.59 Å². The molecule has 2 fully saturated rings. The SMILES string of the molecule is O=C(c1ncccn1)N1CCCC(N(Cc2cccnc2)C(=O)C2CCC2)C1. The first-order chi connectivity index (χ1) is 13.7. The summed E-state index contributed by atoms with van der Waals surface area (Å²) in [5.41, 5.74) is 1.02. The van der Waals surface area contributed by atoms with Crippen LogP contribution in [0, 0.1) is 5.92 Å². The molecule has 2 aliphatic rings. The second-order valence-electron chi connectivity index (χ2n) is 7.57. The van der Waals surface area contributed by atoms with Gasteiger partial charge in [-0.25, -0.2) is 9.97 Å². The summed E-state index contributed by atoms with van der Waals surface area (Å²) >= 11 is 0. The van der Waals surface area contributed by atoms with Crippen LogP contribution in [0.5, 0.6) is 0 Å². The molecule has 1 aliphatic heterocycles. The predicted molar refractivity (Wildman–Crippen MR) is 103 cm³/mol. The molecule has 7 heteroatoms. The Hall–Kier alpha value is -2.83. The first kappa shape index (κ1) is 18.5. The van der Waals surface area contributed by atoms with Crippen molar-refractivity contribution in [2.75, 3.05) is 13.1 Å². The lowest BCUT2D eigenvalue weighted by atomic mass is 9.83. The second-order valence-corrected chi connectivity index (χ2v) is 7.57. The van der Waals surface area contributed by atoms with Gasteiger partial charge in [0, 0.05) is 56.4 Å². The van der Waals surface area contributed by atoms with Gasteiger partial charge >= 0.3 is 0 Å². The normalized spacial score (nSPS) is 19.7. The van der Waals surface area contributed by atoms with Crippen molar-refractivity contribution in [2.45, 2.75) is 44.7 Å². The molecule has 3 heterocycles. The topological polar surface area (TPSA) is 79.3 Å². The second kappa shape index (κ2) is 8.46. The molecule has 146 valence electrons. The van der Waals surface area contributed by atoms with Gasteiger partial charge in [0.2, 0.25) is 11.7 Å². The van der Waals surface area contributed by atoms with Gasteiger partial charge in [-0.2, -0.15) is 0 Å². The zero-order valence-corrected chi connectivity index (χ0v) is 15.9. The van der Waals surface area contributed by atoms with Gasteiger partial charge in [0.1, 0.15) is 0 Å². The van der Waals surface area contributed by atoms with Crippen LogP contribution in [0.2, 0.25) is 0 Å². The minimum absolute atomic E-state index is 0.00900. The number of hydrogen-bond acceptors (Lipinski definition) is 5. The average Bonchev–Trinajstić information content (AvgIpc) is 2.71. The van der Waals surface area contributed by atoms with E-state index in [4.69, 9.17) is 0 Å². The van der Waals surface area contributed by atoms with Crippen LogP contribution in [0.1, 0.15) is 48.3 Å². The molecule has 2 aromatic heterocycles. The fourth-order valence-corrected chi connectivity index (χ4v) is 3.91. The Morgan fingerprint density at radius 1 is 1.07 bits per heavy atom. The summed E-state index contributed by atoms with van der Waals surface area (Å²) in [4.78, 5) is 42.1. The summed E-state index contributed by atoms with van der Waals surface area (Å²) < 4.78 is 0. The summed E-state index contributed by atoms with van der Waals surface area (Å²) in [5, 5.41) is 0. The number of rotatable bonds is 5. The van der Waals surface area contributed by atoms with E-state index in [0.29, 0.717) is 19.6 Å². The lowest BCUT2D eigenvalue weighted by Crippen LogP contribution is -2.53. The highest BCUT2D eigenvalue weighted by molar-refractivity contribution is 5.90. The maximum atomic E-state index is 13.2. The molecule has 28 heavy (non-hydrogen) atoms. The van der Waals surface area contributed by atoms with Gasteiger partial charge in [0.15, 0.2) is 0 Å². The van der Waals surface area contributed by atoms with Gasteiger partial charge in [-0.3, -0.25) is 14.6 Å². The Morgan fingerprint density at radius 3 is 2.57 bits per heavy atom. The molecule has 1 atom stereocenters. The van der Waals surface area contributed by atoms with Gasteiger partial charge in [-0.15, -0.1) is 0 Å². The van der Waals surface area contributed by atoms with Crippen molar-refractivity contribution >= 4 is 11.8 Å². The number of hydrogen-bond donors (Lipinski definition) is 0. The third-order valence-electron chi connectivity index (χ3n) is 5.69. The van der Waals surface area contributed by atoms with E-state index in [1.807, 2.05) is 23.2 Å². The summed E-state index contributed by atoms with van der Waals surface area (Å²) in [6.45, 7) is 1.74. The van der Waals surface area contributed by atoms with E-state index >= 15 is 0 Å². The van der Waals surface area contributed by atoms with E-state index in [-0.39, 0.29) is 29.6 Å². The Kier molecular flexibility index (Phi) is 5.60. The van der Waals surface area contributed by atoms with Gasteiger partial charge in [0.25, 0.3) is 5.91 Å². The minimum atomic E-state index is -0.164. The Balaban J connectivity index is 1.51. The number of carbonyl (C=O) groups is 2. The van der Waals surface area contributed by atoms with Crippen molar-refractivity contribution in [1.82, 2.24) is 24.8 Å². The highest BCUT2D eigenvalue weighted by atomic mass is 16.2. The average molecular weight is 379 g/mol. The maximum Gasteiger partial charge on any atom is 0.291 e. The van der Waals surface area contributed by atoms with Gasteiger partial charge in [0.05, 0.1) is 0 Å². The Bertz CT molecular complexity index is 810. The molecule has 1 saturated carbocycles. The lowest BCUT2D eigenvalue weighted by molar-refractivity contribution is -0.142. The highest BCUT2D eigenvalue weighted by Crippen LogP contribution is 2.31. The number of nitrogens with zero attached hydrogens (tertiary/aromatic N) is 5. The van der Waals surface area contributed by atoms with Crippen molar-refractivity contribution in [3.8, 4) is 0 Å². The van der Waals surface area contributed by atoms with Crippen molar-refractivity contribution in [3.05, 3.63) is 54.4 Å². The molecule has 1 saturated heterocycles. The number of carbonyl (C=O) groups excluding carboxylic acids is 2. The molecule has 0 bridgehead atoms. The molecule has 2 amide bonds. The van der Waals surface area contributed by atoms with Crippen LogP contribution >= 0.6 is 0 Å². The molecule has 2 aromatic rings. The molecule has 0 radical (unpaired) electrons. The summed E-state index contributed by atoms with van der Waals surface area (Å²) in [6, 6.07) is 5.60. The first-order valence-electron chi connectivity index (χ1n) is 9.98. The van der Waals surface area contributed by atoms with E-state index in [1.54, 1.807) is 29.6 Å². The fourth-order valence-electron chi connectivity index (χ4n) is 3.91. The molecule has 0 aromatic carbocycles. The Morgan fingerprint density at radius 2 is 1.89 bits per heavy atom. The molecule has 1 aliphatic carbocycles. The van der Waals surface area contributed by atoms with E-state index in [1.165, 1.54) is 0 Å². The third kappa shape index (κ3) is 4.03. The summed E-state index contributed by atoms with van der Waals surface area (Å²) in [5.74, 6) is 0.389. The quantitative estimate of drug-likeness (QED) is 0.796. The molecular weight excluding hydrogens is 354 g/mol. The van der Waals surface area contributed by atoms with E-state index in [0.717, 1.165) is 37.7 Å². The van der Waals surface area contributed by atoms with Crippen molar-refractivity contribution in [1.29, 1.82) is 0 Å². The van der Waals surface area contributed by atoms with Crippen molar-refractivity contribution in [2.24, 2.45) is 5.92 Å². The molecule has 1 unspecified atom stereocenters. The van der Waals surface area contributed by atoms with Crippen molar-refractivity contribution in [3.63, 3.8) is 0 Å². The van der Waals surface area contributed by atoms with E-state index < -0.39 is 0 Å². The van der Waals surface area contributed by atoms with Crippen LogP contribution in [0.4, 0.5) is 0 Å². The first-order valence-corrected chi connectivity index (χ1v) is 9.98. The van der Waals surface area contributed by atoms with Gasteiger partial charge in [-0.1, -0.05) is 12.5 Å². The van der Waals surface area contributed by atoms with Crippen LogP contribution in [-0.4, -0.2) is 55.7 Å². The molecule has 0 N–H and O–H groups in total. The molecule has 0 spiro atoms. The zero-order valence-electron chi connectivity index (χ0n) is 15.9. The standard InChI is InChI=1S/C21H25N5O2/c27-20(17-6-1-7-17)26(14-16-5-2-9-22-13-16)18-8-3-12-25(15-18)21(28)19-23-10-4-11-24-19/h2,4-5,9-11,13,17-18H,1,3,6-8,12,14-15H2. The Labute approximate surface area is 164 Å². The van der Waals surface area contributed by atoms with Crippen LogP contribution in [0.25, 0.3) is 0 Å². The molecular formula is C21H25N5O2. The van der Waals surface area contributed by atoms with Gasteiger partial charge in [-0.05, 0) is 43.4 Å². The smallest absolute Gasteiger partial charge is 0.291 e. The lowest BCUT2D eigenvalue weighted by Gasteiger charge is -2.41. The summed E-state index contributed by atoms with van der Waals surface area (Å²) in [6.07, 6.45) is 11.5. The minimum Gasteiger partial charge on any atom is -0.334 e. The predicted octanol–water partition coefficient (Wildman–Crippen LogP) is 2.31. The number of likely N-dealkylation sites (tertiary alicyclic amines) is 1. The number of amides is 2. The van der Waals surface area contributed by atoms with Crippen LogP contribution in [-0.2, 0) is 11.3 Å². The zero-order chi connectivity index (χ0) is 19.3. The molecule has 7 nitrogen and oxygen atoms in total. The summed E-state index contributed by atoms with van der Waals surface area (Å²) in [7, 11) is 0. The van der Waals surface area contributed by atoms with E-state index in [2.05, 4.69) is 15.0 Å². The van der Waals surface area contributed by atoms with Crippen LogP contribution in [0.3, 0.4) is 0 Å². The monoisotopic (exact) mass is 379 g/mol. The highest BCUT2D eigenvalue weighted by Gasteiger charge is 2.36. The maximum absolute atomic E-state index is 13.2. The van der Waals surface area contributed by atoms with Crippen LogP contribution in [0.15, 0.2) is 43.0 Å². The van der Waals surface area contributed by atoms with Crippen LogP contribution < -0.4 is 0 Å². The number of aromatic nitrogens is 3. The fraction of sp³-hybridized carbons (Fsp3) is 0.476.